The summed E-state index contributed by atoms with van der Waals surface area (Å²) in [6, 6.07) is 16.1. The number of fused-ring (bicyclic) bond motifs is 1. The zero-order valence-electron chi connectivity index (χ0n) is 14.7. The summed E-state index contributed by atoms with van der Waals surface area (Å²) in [5, 5.41) is 19.7. The number of benzene rings is 2. The number of rotatable bonds is 4. The van der Waals surface area contributed by atoms with Crippen LogP contribution in [0, 0.1) is 11.3 Å². The molecule has 0 aliphatic rings. The Labute approximate surface area is 162 Å². The third kappa shape index (κ3) is 3.87. The van der Waals surface area contributed by atoms with Gasteiger partial charge >= 0.3 is 6.18 Å². The molecule has 1 N–H and O–H groups in total. The van der Waals surface area contributed by atoms with Crippen molar-refractivity contribution in [1.29, 1.82) is 5.26 Å². The van der Waals surface area contributed by atoms with Crippen LogP contribution in [0.3, 0.4) is 0 Å². The summed E-state index contributed by atoms with van der Waals surface area (Å²) in [5.74, 6) is -0.0170. The average molecular weight is 395 g/mol. The molecule has 0 atom stereocenters. The maximum atomic E-state index is 13.3. The van der Waals surface area contributed by atoms with Crippen LogP contribution in [0.5, 0.6) is 5.75 Å². The number of halogens is 3. The highest BCUT2D eigenvalue weighted by Crippen LogP contribution is 2.35. The molecule has 6 nitrogen and oxygen atoms in total. The quantitative estimate of drug-likeness (QED) is 0.550. The molecule has 0 saturated heterocycles. The predicted octanol–water partition coefficient (Wildman–Crippen LogP) is 4.49. The fourth-order valence-electron chi connectivity index (χ4n) is 2.84. The number of nitrogens with one attached hydrogen (secondary N) is 1. The molecular formula is C20H12F3N5O. The summed E-state index contributed by atoms with van der Waals surface area (Å²) in [6.45, 7) is -0.0183. The minimum Gasteiger partial charge on any atom is -0.487 e. The summed E-state index contributed by atoms with van der Waals surface area (Å²) >= 11 is 0. The second-order valence-electron chi connectivity index (χ2n) is 6.16. The number of hydrogen-bond donors (Lipinski definition) is 1. The molecule has 0 unspecified atom stereocenters. The van der Waals surface area contributed by atoms with E-state index in [1.165, 1.54) is 6.07 Å². The molecule has 2 heterocycles. The number of hydrogen-bond acceptors (Lipinski definition) is 5. The van der Waals surface area contributed by atoms with Crippen molar-refractivity contribution in [3.8, 4) is 23.1 Å². The maximum Gasteiger partial charge on any atom is 0.416 e. The Morgan fingerprint density at radius 3 is 2.66 bits per heavy atom. The van der Waals surface area contributed by atoms with Crippen LogP contribution >= 0.6 is 0 Å². The van der Waals surface area contributed by atoms with Crippen LogP contribution in [0.4, 0.5) is 13.2 Å². The first-order valence-electron chi connectivity index (χ1n) is 8.45. The largest absolute Gasteiger partial charge is 0.487 e. The number of nitrogens with zero attached hydrogens (tertiary/aromatic N) is 4. The molecule has 0 aliphatic heterocycles. The number of para-hydroxylation sites is 1. The number of H-pyrrole nitrogens is 1. The molecule has 4 aromatic rings. The van der Waals surface area contributed by atoms with Crippen LogP contribution in [-0.4, -0.2) is 20.4 Å². The van der Waals surface area contributed by atoms with Crippen molar-refractivity contribution in [2.45, 2.75) is 12.8 Å². The highest BCUT2D eigenvalue weighted by Gasteiger charge is 2.32. The average Bonchev–Trinajstić information content (AvgIpc) is 3.20. The summed E-state index contributed by atoms with van der Waals surface area (Å²) in [6.07, 6.45) is -4.59. The zero-order valence-corrected chi connectivity index (χ0v) is 14.7. The smallest absolute Gasteiger partial charge is 0.416 e. The Kier molecular flexibility index (Phi) is 4.60. The second-order valence-corrected chi connectivity index (χ2v) is 6.16. The van der Waals surface area contributed by atoms with Crippen molar-refractivity contribution < 1.29 is 17.9 Å². The van der Waals surface area contributed by atoms with Gasteiger partial charge in [0.2, 0.25) is 0 Å². The van der Waals surface area contributed by atoms with Crippen molar-refractivity contribution in [3.63, 3.8) is 0 Å². The van der Waals surface area contributed by atoms with Crippen LogP contribution in [0.1, 0.15) is 17.0 Å². The van der Waals surface area contributed by atoms with Gasteiger partial charge in [-0.2, -0.15) is 28.7 Å². The molecule has 0 aliphatic carbocycles. The normalized spacial score (nSPS) is 11.4. The predicted molar refractivity (Wildman–Crippen MR) is 97.6 cm³/mol. The third-order valence-corrected chi connectivity index (χ3v) is 4.20. The molecule has 144 valence electrons. The van der Waals surface area contributed by atoms with Crippen LogP contribution < -0.4 is 4.74 Å². The lowest BCUT2D eigenvalue weighted by Crippen LogP contribution is -2.06. The number of pyridine rings is 1. The van der Waals surface area contributed by atoms with Crippen LogP contribution in [-0.2, 0) is 12.8 Å². The highest BCUT2D eigenvalue weighted by atomic mass is 19.4. The van der Waals surface area contributed by atoms with Gasteiger partial charge in [-0.1, -0.05) is 24.3 Å². The highest BCUT2D eigenvalue weighted by molar-refractivity contribution is 5.78. The van der Waals surface area contributed by atoms with Gasteiger partial charge in [-0.25, -0.2) is 4.98 Å². The lowest BCUT2D eigenvalue weighted by Gasteiger charge is -2.12. The molecule has 2 aromatic carbocycles. The first-order chi connectivity index (χ1) is 13.9. The second kappa shape index (κ2) is 7.24. The first kappa shape index (κ1) is 18.4. The van der Waals surface area contributed by atoms with E-state index in [0.29, 0.717) is 5.69 Å². The van der Waals surface area contributed by atoms with Gasteiger partial charge in [0.25, 0.3) is 0 Å². The molecule has 4 rings (SSSR count). The number of aromatic amines is 1. The van der Waals surface area contributed by atoms with Gasteiger partial charge in [0.15, 0.2) is 5.69 Å². The van der Waals surface area contributed by atoms with Crippen molar-refractivity contribution in [3.05, 3.63) is 71.5 Å². The van der Waals surface area contributed by atoms with E-state index in [-0.39, 0.29) is 29.3 Å². The number of aromatic nitrogens is 4. The number of ether oxygens (including phenoxy) is 1. The van der Waals surface area contributed by atoms with Crippen molar-refractivity contribution >= 4 is 10.9 Å². The molecule has 0 fully saturated rings. The molecule has 29 heavy (non-hydrogen) atoms. The van der Waals surface area contributed by atoms with Crippen molar-refractivity contribution in [2.24, 2.45) is 0 Å². The van der Waals surface area contributed by atoms with E-state index in [4.69, 9.17) is 10.00 Å². The van der Waals surface area contributed by atoms with Crippen molar-refractivity contribution in [2.75, 3.05) is 0 Å². The molecule has 2 aromatic heterocycles. The van der Waals surface area contributed by atoms with E-state index in [9.17, 15) is 13.2 Å². The monoisotopic (exact) mass is 395 g/mol. The SMILES string of the molecule is N#Cc1n[nH]nc1-c1cc(OCc2ccc3ccccc3n2)cc(C(F)(F)F)c1. The van der Waals surface area contributed by atoms with Crippen LogP contribution in [0.15, 0.2) is 54.6 Å². The summed E-state index contributed by atoms with van der Waals surface area (Å²) in [5.41, 5.74) is 0.412. The van der Waals surface area contributed by atoms with Crippen molar-refractivity contribution in [1.82, 2.24) is 20.4 Å². The van der Waals surface area contributed by atoms with E-state index >= 15 is 0 Å². The van der Waals surface area contributed by atoms with E-state index in [0.717, 1.165) is 23.0 Å². The standard InChI is InChI=1S/C20H12F3N5O/c21-20(22,23)14-7-13(19-18(10-24)26-28-27-19)8-16(9-14)29-11-15-6-5-12-3-1-2-4-17(12)25-15/h1-9H,11H2,(H,26,27,28). The maximum absolute atomic E-state index is 13.3. The molecule has 0 radical (unpaired) electrons. The Bertz CT molecular complexity index is 1230. The van der Waals surface area contributed by atoms with Gasteiger partial charge in [-0.3, -0.25) is 0 Å². The van der Waals surface area contributed by atoms with E-state index in [2.05, 4.69) is 20.4 Å². The summed E-state index contributed by atoms with van der Waals surface area (Å²) in [4.78, 5) is 4.44. The Balaban J connectivity index is 1.67. The number of nitriles is 1. The molecule has 0 amide bonds. The zero-order chi connectivity index (χ0) is 20.4. The molecule has 9 heteroatoms. The van der Waals surface area contributed by atoms with Crippen LogP contribution in [0.25, 0.3) is 22.2 Å². The summed E-state index contributed by atoms with van der Waals surface area (Å²) in [7, 11) is 0. The third-order valence-electron chi connectivity index (χ3n) is 4.20. The molecule has 0 bridgehead atoms. The van der Waals surface area contributed by atoms with Gasteiger partial charge in [-0.05, 0) is 30.3 Å². The Hall–Kier alpha value is -3.93. The van der Waals surface area contributed by atoms with Gasteiger partial charge < -0.3 is 4.74 Å². The Morgan fingerprint density at radius 1 is 1.03 bits per heavy atom. The fraction of sp³-hybridized carbons (Fsp3) is 0.100. The van der Waals surface area contributed by atoms with E-state index in [1.807, 2.05) is 30.3 Å². The minimum atomic E-state index is -4.59. The topological polar surface area (TPSA) is 87.5 Å². The van der Waals surface area contributed by atoms with Gasteiger partial charge in [0.1, 0.15) is 24.1 Å². The number of alkyl halides is 3. The first-order valence-corrected chi connectivity index (χ1v) is 8.45. The molecule has 0 saturated carbocycles. The van der Waals surface area contributed by atoms with Crippen LogP contribution in [0.2, 0.25) is 0 Å². The van der Waals surface area contributed by atoms with Gasteiger partial charge in [0.05, 0.1) is 16.8 Å². The molecular weight excluding hydrogens is 383 g/mol. The lowest BCUT2D eigenvalue weighted by atomic mass is 10.1. The van der Waals surface area contributed by atoms with Gasteiger partial charge in [0, 0.05) is 10.9 Å². The van der Waals surface area contributed by atoms with E-state index < -0.39 is 11.7 Å². The lowest BCUT2D eigenvalue weighted by molar-refractivity contribution is -0.137. The Morgan fingerprint density at radius 2 is 1.86 bits per heavy atom. The fourth-order valence-corrected chi connectivity index (χ4v) is 2.84. The molecule has 0 spiro atoms. The van der Waals surface area contributed by atoms with Gasteiger partial charge in [-0.15, -0.1) is 5.10 Å². The van der Waals surface area contributed by atoms with E-state index in [1.54, 1.807) is 12.1 Å². The summed E-state index contributed by atoms with van der Waals surface area (Å²) < 4.78 is 45.6. The minimum absolute atomic E-state index is 0.0170.